The first kappa shape index (κ1) is 14.2. The van der Waals surface area contributed by atoms with Crippen molar-refractivity contribution in [3.05, 3.63) is 18.7 Å². The van der Waals surface area contributed by atoms with Crippen molar-refractivity contribution in [2.75, 3.05) is 26.3 Å². The zero-order valence-corrected chi connectivity index (χ0v) is 11.1. The Morgan fingerprint density at radius 2 is 2.12 bits per heavy atom. The predicted octanol–water partition coefficient (Wildman–Crippen LogP) is 1.93. The largest absolute Gasteiger partial charge is 0.381 e. The number of nitrogens with one attached hydrogen (secondary N) is 1. The van der Waals surface area contributed by atoms with Gasteiger partial charge in [-0.25, -0.2) is 4.98 Å². The van der Waals surface area contributed by atoms with Crippen LogP contribution in [0.2, 0.25) is 0 Å². The van der Waals surface area contributed by atoms with Crippen LogP contribution in [0.3, 0.4) is 0 Å². The second kappa shape index (κ2) is 9.19. The van der Waals surface area contributed by atoms with Crippen molar-refractivity contribution < 1.29 is 4.74 Å². The maximum atomic E-state index is 5.51. The number of ether oxygens (including phenoxy) is 1. The van der Waals surface area contributed by atoms with Crippen LogP contribution in [0.1, 0.15) is 26.7 Å². The second-order valence-corrected chi connectivity index (χ2v) is 4.73. The summed E-state index contributed by atoms with van der Waals surface area (Å²) in [5.74, 6) is 0.637. The molecule has 0 spiro atoms. The molecule has 17 heavy (non-hydrogen) atoms. The van der Waals surface area contributed by atoms with Gasteiger partial charge in [0.15, 0.2) is 0 Å². The van der Waals surface area contributed by atoms with E-state index in [1.165, 1.54) is 0 Å². The minimum atomic E-state index is 0.637. The Kier molecular flexibility index (Phi) is 7.67. The summed E-state index contributed by atoms with van der Waals surface area (Å²) in [5, 5.41) is 3.42. The van der Waals surface area contributed by atoms with Crippen LogP contribution in [-0.4, -0.2) is 35.9 Å². The molecule has 0 aliphatic rings. The number of hydrogen-bond donors (Lipinski definition) is 1. The predicted molar refractivity (Wildman–Crippen MR) is 70.0 cm³/mol. The number of hydrogen-bond acceptors (Lipinski definition) is 3. The average molecular weight is 239 g/mol. The standard InChI is InChI=1S/C13H25N3O/c1-13(2)11-17-10-4-6-14-5-3-8-16-9-7-15-12-16/h7,9,12-14H,3-6,8,10-11H2,1-2H3. The van der Waals surface area contributed by atoms with Crippen molar-refractivity contribution >= 4 is 0 Å². The maximum Gasteiger partial charge on any atom is 0.0945 e. The second-order valence-electron chi connectivity index (χ2n) is 4.73. The van der Waals surface area contributed by atoms with Crippen LogP contribution >= 0.6 is 0 Å². The first-order valence-corrected chi connectivity index (χ1v) is 6.53. The molecule has 0 aliphatic heterocycles. The fourth-order valence-corrected chi connectivity index (χ4v) is 1.55. The lowest BCUT2D eigenvalue weighted by molar-refractivity contribution is 0.108. The Balaban J connectivity index is 1.79. The van der Waals surface area contributed by atoms with E-state index in [1.54, 1.807) is 0 Å². The third-order valence-electron chi connectivity index (χ3n) is 2.42. The Labute approximate surface area is 104 Å². The molecule has 0 fully saturated rings. The molecule has 0 saturated carbocycles. The lowest BCUT2D eigenvalue weighted by Gasteiger charge is -2.07. The molecule has 4 nitrogen and oxygen atoms in total. The molecule has 0 amide bonds. The average Bonchev–Trinajstić information content (AvgIpc) is 2.79. The number of rotatable bonds is 10. The molecule has 1 aromatic rings. The van der Waals surface area contributed by atoms with Gasteiger partial charge < -0.3 is 14.6 Å². The van der Waals surface area contributed by atoms with Gasteiger partial charge in [0.2, 0.25) is 0 Å². The molecule has 0 bridgehead atoms. The van der Waals surface area contributed by atoms with Gasteiger partial charge in [-0.15, -0.1) is 0 Å². The highest BCUT2D eigenvalue weighted by Crippen LogP contribution is 1.93. The SMILES string of the molecule is CC(C)COCCCNCCCn1ccnc1. The smallest absolute Gasteiger partial charge is 0.0945 e. The van der Waals surface area contributed by atoms with Gasteiger partial charge in [-0.3, -0.25) is 0 Å². The fraction of sp³-hybridized carbons (Fsp3) is 0.769. The molecule has 1 rings (SSSR count). The van der Waals surface area contributed by atoms with E-state index in [4.69, 9.17) is 4.74 Å². The molecule has 0 unspecified atom stereocenters. The van der Waals surface area contributed by atoms with Gasteiger partial charge in [0.1, 0.15) is 0 Å². The fourth-order valence-electron chi connectivity index (χ4n) is 1.55. The van der Waals surface area contributed by atoms with Gasteiger partial charge in [0.05, 0.1) is 6.33 Å². The van der Waals surface area contributed by atoms with Crippen molar-refractivity contribution in [3.8, 4) is 0 Å². The summed E-state index contributed by atoms with van der Waals surface area (Å²) >= 11 is 0. The summed E-state index contributed by atoms with van der Waals surface area (Å²) in [7, 11) is 0. The van der Waals surface area contributed by atoms with Crippen LogP contribution in [0.5, 0.6) is 0 Å². The van der Waals surface area contributed by atoms with E-state index in [0.29, 0.717) is 5.92 Å². The quantitative estimate of drug-likeness (QED) is 0.634. The lowest BCUT2D eigenvalue weighted by atomic mass is 10.2. The first-order chi connectivity index (χ1) is 8.29. The third-order valence-corrected chi connectivity index (χ3v) is 2.42. The molecule has 0 radical (unpaired) electrons. The van der Waals surface area contributed by atoms with E-state index in [9.17, 15) is 0 Å². The minimum absolute atomic E-state index is 0.637. The molecule has 1 N–H and O–H groups in total. The summed E-state index contributed by atoms with van der Waals surface area (Å²) < 4.78 is 7.61. The zero-order valence-electron chi connectivity index (χ0n) is 11.1. The molecular weight excluding hydrogens is 214 g/mol. The number of nitrogens with zero attached hydrogens (tertiary/aromatic N) is 2. The Morgan fingerprint density at radius 3 is 2.82 bits per heavy atom. The molecule has 4 heteroatoms. The van der Waals surface area contributed by atoms with E-state index in [2.05, 4.69) is 28.7 Å². The van der Waals surface area contributed by atoms with Crippen LogP contribution in [0.4, 0.5) is 0 Å². The van der Waals surface area contributed by atoms with Crippen LogP contribution in [-0.2, 0) is 11.3 Å². The van der Waals surface area contributed by atoms with Crippen molar-refractivity contribution in [3.63, 3.8) is 0 Å². The molecule has 0 atom stereocenters. The minimum Gasteiger partial charge on any atom is -0.381 e. The number of imidazole rings is 1. The summed E-state index contributed by atoms with van der Waals surface area (Å²) in [6, 6.07) is 0. The highest BCUT2D eigenvalue weighted by Gasteiger charge is 1.94. The first-order valence-electron chi connectivity index (χ1n) is 6.53. The summed E-state index contributed by atoms with van der Waals surface area (Å²) in [4.78, 5) is 4.01. The zero-order chi connectivity index (χ0) is 12.3. The molecular formula is C13H25N3O. The van der Waals surface area contributed by atoms with Crippen LogP contribution < -0.4 is 5.32 Å². The monoisotopic (exact) mass is 239 g/mol. The van der Waals surface area contributed by atoms with Crippen molar-refractivity contribution in [1.82, 2.24) is 14.9 Å². The number of aryl methyl sites for hydroxylation is 1. The maximum absolute atomic E-state index is 5.51. The molecule has 0 aromatic carbocycles. The van der Waals surface area contributed by atoms with E-state index in [1.807, 2.05) is 18.7 Å². The van der Waals surface area contributed by atoms with Gasteiger partial charge in [0, 0.05) is 32.2 Å². The van der Waals surface area contributed by atoms with Crippen molar-refractivity contribution in [2.45, 2.75) is 33.2 Å². The van der Waals surface area contributed by atoms with E-state index >= 15 is 0 Å². The molecule has 98 valence electrons. The van der Waals surface area contributed by atoms with Crippen LogP contribution in [0.15, 0.2) is 18.7 Å². The van der Waals surface area contributed by atoms with Crippen molar-refractivity contribution in [1.29, 1.82) is 0 Å². The normalized spacial score (nSPS) is 11.2. The highest BCUT2D eigenvalue weighted by atomic mass is 16.5. The van der Waals surface area contributed by atoms with Gasteiger partial charge >= 0.3 is 0 Å². The van der Waals surface area contributed by atoms with E-state index < -0.39 is 0 Å². The molecule has 0 saturated heterocycles. The molecule has 1 heterocycles. The van der Waals surface area contributed by atoms with E-state index in [-0.39, 0.29) is 0 Å². The lowest BCUT2D eigenvalue weighted by Crippen LogP contribution is -2.19. The topological polar surface area (TPSA) is 39.1 Å². The Morgan fingerprint density at radius 1 is 1.29 bits per heavy atom. The summed E-state index contributed by atoms with van der Waals surface area (Å²) in [6.07, 6.45) is 7.92. The third kappa shape index (κ3) is 7.94. The molecule has 0 aliphatic carbocycles. The summed E-state index contributed by atoms with van der Waals surface area (Å²) in [5.41, 5.74) is 0. The van der Waals surface area contributed by atoms with Gasteiger partial charge in [-0.05, 0) is 31.8 Å². The Hall–Kier alpha value is -0.870. The number of aromatic nitrogens is 2. The molecule has 1 aromatic heterocycles. The van der Waals surface area contributed by atoms with Gasteiger partial charge in [-0.1, -0.05) is 13.8 Å². The van der Waals surface area contributed by atoms with Crippen LogP contribution in [0.25, 0.3) is 0 Å². The Bertz CT molecular complexity index is 260. The van der Waals surface area contributed by atoms with E-state index in [0.717, 1.165) is 45.7 Å². The van der Waals surface area contributed by atoms with Crippen molar-refractivity contribution in [2.24, 2.45) is 5.92 Å². The van der Waals surface area contributed by atoms with Crippen LogP contribution in [0, 0.1) is 5.92 Å². The summed E-state index contributed by atoms with van der Waals surface area (Å²) in [6.45, 7) is 9.23. The van der Waals surface area contributed by atoms with Gasteiger partial charge in [-0.2, -0.15) is 0 Å². The van der Waals surface area contributed by atoms with Gasteiger partial charge in [0.25, 0.3) is 0 Å². The highest BCUT2D eigenvalue weighted by molar-refractivity contribution is 4.73.